The maximum Gasteiger partial charge on any atom is 0.282 e. The normalized spacial score (nSPS) is 10.9. The molecular weight excluding hydrogens is 452 g/mol. The van der Waals surface area contributed by atoms with Crippen LogP contribution in [0.5, 0.6) is 0 Å². The van der Waals surface area contributed by atoms with E-state index in [0.29, 0.717) is 22.6 Å². The van der Waals surface area contributed by atoms with Gasteiger partial charge in [-0.3, -0.25) is 20.2 Å². The molecule has 172 valence electrons. The summed E-state index contributed by atoms with van der Waals surface area (Å²) < 4.78 is 0. The highest BCUT2D eigenvalue weighted by molar-refractivity contribution is 7.80. The molecule has 3 aromatic carbocycles. The average molecular weight is 475 g/mol. The van der Waals surface area contributed by atoms with Crippen LogP contribution in [-0.2, 0) is 0 Å². The molecule has 0 unspecified atom stereocenters. The van der Waals surface area contributed by atoms with E-state index in [1.165, 1.54) is 23.8 Å². The van der Waals surface area contributed by atoms with Gasteiger partial charge in [-0.2, -0.15) is 4.80 Å². The van der Waals surface area contributed by atoms with Crippen molar-refractivity contribution < 1.29 is 9.72 Å². The Hall–Kier alpha value is -4.18. The van der Waals surface area contributed by atoms with E-state index in [1.807, 2.05) is 25.1 Å². The molecule has 0 atom stereocenters. The Bertz CT molecular complexity index is 1410. The summed E-state index contributed by atoms with van der Waals surface area (Å²) in [4.78, 5) is 24.7. The van der Waals surface area contributed by atoms with Crippen molar-refractivity contribution in [3.63, 3.8) is 0 Å². The summed E-state index contributed by atoms with van der Waals surface area (Å²) in [6, 6.07) is 17.4. The number of amides is 1. The largest absolute Gasteiger partial charge is 0.332 e. The molecule has 0 saturated carbocycles. The van der Waals surface area contributed by atoms with E-state index in [2.05, 4.69) is 46.8 Å². The number of rotatable bonds is 5. The predicted molar refractivity (Wildman–Crippen MR) is 134 cm³/mol. The summed E-state index contributed by atoms with van der Waals surface area (Å²) in [6.45, 7) is 6.16. The number of nitro groups is 1. The van der Waals surface area contributed by atoms with Gasteiger partial charge < -0.3 is 5.32 Å². The lowest BCUT2D eigenvalue weighted by Gasteiger charge is -2.11. The Morgan fingerprint density at radius 2 is 1.71 bits per heavy atom. The van der Waals surface area contributed by atoms with Crippen LogP contribution in [0.3, 0.4) is 0 Å². The van der Waals surface area contributed by atoms with E-state index in [1.54, 1.807) is 16.9 Å². The molecule has 2 N–H and O–H groups in total. The van der Waals surface area contributed by atoms with E-state index in [0.717, 1.165) is 11.3 Å². The molecule has 34 heavy (non-hydrogen) atoms. The van der Waals surface area contributed by atoms with Gasteiger partial charge in [-0.15, -0.1) is 10.2 Å². The second-order valence-electron chi connectivity index (χ2n) is 8.07. The van der Waals surface area contributed by atoms with Crippen molar-refractivity contribution in [3.8, 4) is 5.69 Å². The number of nitro benzene ring substituents is 1. The van der Waals surface area contributed by atoms with Crippen LogP contribution in [0, 0.1) is 17.0 Å². The van der Waals surface area contributed by atoms with Gasteiger partial charge in [0.15, 0.2) is 5.11 Å². The van der Waals surface area contributed by atoms with Crippen LogP contribution in [0.1, 0.15) is 41.3 Å². The minimum atomic E-state index is -0.667. The smallest absolute Gasteiger partial charge is 0.282 e. The Morgan fingerprint density at radius 1 is 1.06 bits per heavy atom. The molecular formula is C24H22N6O3S. The number of fused-ring (bicyclic) bond motifs is 1. The number of para-hydroxylation sites is 1. The zero-order chi connectivity index (χ0) is 24.4. The van der Waals surface area contributed by atoms with Crippen LogP contribution in [0.2, 0.25) is 0 Å². The summed E-state index contributed by atoms with van der Waals surface area (Å²) in [7, 11) is 0. The number of carbonyl (C=O) groups is 1. The summed E-state index contributed by atoms with van der Waals surface area (Å²) in [5.74, 6) is -0.230. The highest BCUT2D eigenvalue weighted by atomic mass is 32.1. The third-order valence-corrected chi connectivity index (χ3v) is 5.54. The number of hydrogen-bond acceptors (Lipinski definition) is 6. The SMILES string of the molecule is Cc1cc2nn(-c3ccc(C(C)C)cc3)nc2cc1NC(=S)NC(=O)c1ccccc1[N+](=O)[O-]. The van der Waals surface area contributed by atoms with E-state index in [4.69, 9.17) is 12.2 Å². The zero-order valence-electron chi connectivity index (χ0n) is 18.8. The highest BCUT2D eigenvalue weighted by Gasteiger charge is 2.20. The van der Waals surface area contributed by atoms with Crippen molar-refractivity contribution in [1.82, 2.24) is 20.3 Å². The van der Waals surface area contributed by atoms with Gasteiger partial charge in [-0.25, -0.2) is 0 Å². The Labute approximate surface area is 200 Å². The molecule has 4 rings (SSSR count). The Morgan fingerprint density at radius 3 is 2.35 bits per heavy atom. The van der Waals surface area contributed by atoms with Gasteiger partial charge in [0.05, 0.1) is 10.6 Å². The molecule has 0 saturated heterocycles. The topological polar surface area (TPSA) is 115 Å². The van der Waals surface area contributed by atoms with Gasteiger partial charge in [0.1, 0.15) is 16.6 Å². The monoisotopic (exact) mass is 474 g/mol. The lowest BCUT2D eigenvalue weighted by Crippen LogP contribution is -2.34. The molecule has 0 aliphatic carbocycles. The summed E-state index contributed by atoms with van der Waals surface area (Å²) in [5.41, 5.74) is 4.56. The van der Waals surface area contributed by atoms with E-state index in [-0.39, 0.29) is 16.4 Å². The van der Waals surface area contributed by atoms with Crippen LogP contribution in [0.25, 0.3) is 16.7 Å². The lowest BCUT2D eigenvalue weighted by molar-refractivity contribution is -0.385. The summed E-state index contributed by atoms with van der Waals surface area (Å²) >= 11 is 5.26. The molecule has 1 heterocycles. The van der Waals surface area contributed by atoms with E-state index < -0.39 is 10.8 Å². The minimum Gasteiger partial charge on any atom is -0.332 e. The fourth-order valence-electron chi connectivity index (χ4n) is 3.46. The fourth-order valence-corrected chi connectivity index (χ4v) is 3.66. The number of aromatic nitrogens is 3. The van der Waals surface area contributed by atoms with Crippen LogP contribution in [-0.4, -0.2) is 30.9 Å². The molecule has 0 bridgehead atoms. The third kappa shape index (κ3) is 4.76. The molecule has 0 spiro atoms. The number of nitrogens with one attached hydrogen (secondary N) is 2. The zero-order valence-corrected chi connectivity index (χ0v) is 19.6. The second-order valence-corrected chi connectivity index (χ2v) is 8.48. The highest BCUT2D eigenvalue weighted by Crippen LogP contribution is 2.23. The molecule has 0 fully saturated rings. The Kier molecular flexibility index (Phi) is 6.33. The quantitative estimate of drug-likeness (QED) is 0.240. The maximum atomic E-state index is 12.5. The molecule has 9 nitrogen and oxygen atoms in total. The van der Waals surface area contributed by atoms with Crippen LogP contribution in [0.15, 0.2) is 60.7 Å². The molecule has 10 heteroatoms. The number of thiocarbonyl (C=S) groups is 1. The molecule has 1 amide bonds. The number of benzene rings is 3. The van der Waals surface area contributed by atoms with Crippen molar-refractivity contribution in [2.75, 3.05) is 5.32 Å². The standard InChI is InChI=1S/C24H22N6O3S/c1-14(2)16-8-10-17(11-9-16)29-27-20-12-15(3)19(13-21(20)28-29)25-24(34)26-23(31)18-6-4-5-7-22(18)30(32)33/h4-14H,1-3H3,(H2,25,26,31,34). The first kappa shape index (κ1) is 23.0. The summed E-state index contributed by atoms with van der Waals surface area (Å²) in [5, 5.41) is 25.8. The van der Waals surface area contributed by atoms with Crippen molar-refractivity contribution >= 4 is 45.6 Å². The van der Waals surface area contributed by atoms with E-state index in [9.17, 15) is 14.9 Å². The van der Waals surface area contributed by atoms with Crippen molar-refractivity contribution in [3.05, 3.63) is 87.5 Å². The number of aryl methyl sites for hydroxylation is 1. The van der Waals surface area contributed by atoms with Crippen molar-refractivity contribution in [2.45, 2.75) is 26.7 Å². The first-order valence-electron chi connectivity index (χ1n) is 10.6. The molecule has 4 aromatic rings. The molecule has 0 aliphatic rings. The van der Waals surface area contributed by atoms with Gasteiger partial charge in [-0.05, 0) is 66.5 Å². The number of hydrogen-bond donors (Lipinski definition) is 2. The van der Waals surface area contributed by atoms with Crippen molar-refractivity contribution in [1.29, 1.82) is 0 Å². The number of carbonyl (C=O) groups excluding carboxylic acids is 1. The van der Waals surface area contributed by atoms with Gasteiger partial charge in [0.25, 0.3) is 11.6 Å². The average Bonchev–Trinajstić information content (AvgIpc) is 3.21. The van der Waals surface area contributed by atoms with E-state index >= 15 is 0 Å². The van der Waals surface area contributed by atoms with Gasteiger partial charge in [0, 0.05) is 11.8 Å². The summed E-state index contributed by atoms with van der Waals surface area (Å²) in [6.07, 6.45) is 0. The first-order chi connectivity index (χ1) is 16.2. The van der Waals surface area contributed by atoms with Gasteiger partial charge in [-0.1, -0.05) is 38.1 Å². The fraction of sp³-hybridized carbons (Fsp3) is 0.167. The number of anilines is 1. The van der Waals surface area contributed by atoms with Gasteiger partial charge >= 0.3 is 0 Å². The van der Waals surface area contributed by atoms with Crippen LogP contribution in [0.4, 0.5) is 11.4 Å². The molecule has 0 radical (unpaired) electrons. The third-order valence-electron chi connectivity index (χ3n) is 5.34. The first-order valence-corrected chi connectivity index (χ1v) is 11.0. The van der Waals surface area contributed by atoms with Gasteiger partial charge in [0.2, 0.25) is 0 Å². The van der Waals surface area contributed by atoms with Crippen LogP contribution < -0.4 is 10.6 Å². The number of nitrogens with zero attached hydrogens (tertiary/aromatic N) is 4. The molecule has 1 aromatic heterocycles. The Balaban J connectivity index is 1.53. The van der Waals surface area contributed by atoms with Crippen LogP contribution >= 0.6 is 12.2 Å². The lowest BCUT2D eigenvalue weighted by atomic mass is 10.0. The maximum absolute atomic E-state index is 12.5. The molecule has 0 aliphatic heterocycles. The van der Waals surface area contributed by atoms with Crippen molar-refractivity contribution in [2.24, 2.45) is 0 Å². The minimum absolute atomic E-state index is 0.0160. The predicted octanol–water partition coefficient (Wildman–Crippen LogP) is 4.89. The second kappa shape index (κ2) is 9.36.